The van der Waals surface area contributed by atoms with Crippen molar-refractivity contribution in [2.24, 2.45) is 0 Å². The van der Waals surface area contributed by atoms with E-state index < -0.39 is 0 Å². The summed E-state index contributed by atoms with van der Waals surface area (Å²) in [4.78, 5) is 0. The van der Waals surface area contributed by atoms with Gasteiger partial charge in [-0.15, -0.1) is 0 Å². The van der Waals surface area contributed by atoms with Crippen LogP contribution in [0, 0.1) is 0 Å². The molecule has 3 nitrogen and oxygen atoms in total. The lowest BCUT2D eigenvalue weighted by Crippen LogP contribution is -2.08. The SMILES string of the molecule is CC.CC.CC.CC.CC.CC.CC.CC.CC.CC.CC.CC.CC.CC.CC.c1ccc2c(c1)Cc1c-2ccc2c1Cc1c-2cc2c3c1c1ccccc1n3-c1ccccc1C2.c1ccc2c(c1)Cc1cc3c(cc1-2)-c1cc2c4c(c1C3)c1ccccc1n4-c1ccccc1C2.c1ccc2c(c1)Cc1ccc3c(c1-2)Cc1c-3cc2c3c1c1ccccc1n3-c1ccccc1C2. The van der Waals surface area contributed by atoms with Crippen LogP contribution < -0.4 is 0 Å². The summed E-state index contributed by atoms with van der Waals surface area (Å²) in [6.45, 7) is 60.0. The summed E-state index contributed by atoms with van der Waals surface area (Å²) < 4.78 is 7.59. The molecule has 18 aromatic rings. The zero-order valence-corrected chi connectivity index (χ0v) is 86.2. The Morgan fingerprint density at radius 3 is 0.826 bits per heavy atom. The summed E-state index contributed by atoms with van der Waals surface area (Å²) in [5.74, 6) is 0. The van der Waals surface area contributed by atoms with Crippen LogP contribution in [0.15, 0.2) is 273 Å². The highest BCUT2D eigenvalue weighted by Crippen LogP contribution is 2.57. The van der Waals surface area contributed by atoms with E-state index in [1.54, 1.807) is 11.1 Å². The maximum atomic E-state index is 2.53. The largest absolute Gasteiger partial charge is 0.309 e. The molecular formula is C129H153N3. The summed E-state index contributed by atoms with van der Waals surface area (Å²) in [6.07, 6.45) is 9.27. The fraction of sp³-hybridized carbons (Fsp3) is 0.302. The van der Waals surface area contributed by atoms with Gasteiger partial charge < -0.3 is 13.7 Å². The van der Waals surface area contributed by atoms with E-state index in [0.717, 1.165) is 57.8 Å². The van der Waals surface area contributed by atoms with Gasteiger partial charge in [0.05, 0.1) is 33.1 Å². The molecule has 6 aliphatic carbocycles. The molecule has 684 valence electrons. The first-order chi connectivity index (χ1) is 65.6. The first-order valence-corrected chi connectivity index (χ1v) is 51.8. The summed E-state index contributed by atoms with van der Waals surface area (Å²) in [6, 6.07) is 103. The highest BCUT2D eigenvalue weighted by Gasteiger charge is 2.37. The van der Waals surface area contributed by atoms with Crippen molar-refractivity contribution in [3.8, 4) is 83.8 Å². The molecule has 3 aromatic heterocycles. The third-order valence-electron chi connectivity index (χ3n) is 25.3. The number of hydrogen-bond acceptors (Lipinski definition) is 0. The van der Waals surface area contributed by atoms with Crippen molar-refractivity contribution in [3.05, 3.63) is 373 Å². The summed E-state index contributed by atoms with van der Waals surface area (Å²) >= 11 is 0. The van der Waals surface area contributed by atoms with Gasteiger partial charge in [-0.3, -0.25) is 0 Å². The van der Waals surface area contributed by atoms with Crippen LogP contribution in [0.1, 0.15) is 308 Å². The van der Waals surface area contributed by atoms with Crippen molar-refractivity contribution in [2.45, 2.75) is 265 Å². The van der Waals surface area contributed by atoms with Crippen LogP contribution in [0.25, 0.3) is 149 Å². The van der Waals surface area contributed by atoms with Gasteiger partial charge >= 0.3 is 0 Å². The quantitative estimate of drug-likeness (QED) is 0.144. The monoisotopic (exact) mass is 1740 g/mol. The van der Waals surface area contributed by atoms with Gasteiger partial charge in [-0.2, -0.15) is 0 Å². The first-order valence-electron chi connectivity index (χ1n) is 51.8. The zero-order chi connectivity index (χ0) is 95.9. The molecule has 6 heterocycles. The highest BCUT2D eigenvalue weighted by molar-refractivity contribution is 6.19. The molecule has 0 saturated heterocycles. The Bertz CT molecular complexity index is 6950. The van der Waals surface area contributed by atoms with Gasteiger partial charge in [0.2, 0.25) is 0 Å². The molecule has 15 aromatic carbocycles. The average Bonchev–Trinajstić information content (AvgIpc) is 1.54. The Morgan fingerprint density at radius 2 is 0.409 bits per heavy atom. The Balaban J connectivity index is 0.000000180. The second-order valence-electron chi connectivity index (χ2n) is 30.3. The number of para-hydroxylation sites is 6. The number of rotatable bonds is 0. The standard InChI is InChI=1S/3C33H21N.15C2H6/c1-3-9-24-19(7-1)13-21-15-22-16-29-28(27(22)18-26(21)24)17-23-14-20-8-2-5-11-30(20)34-31-12-6-4-10-25(31)32(29)33(23)34;1-3-9-22-19(7-1)16-26-23(22)13-14-24-27-17-21-15-20-8-2-5-11-30(20)34-31-12-6-4-10-25(31)32(33(21)34)29(27)18-28(24)26;1-3-9-23-19(7-1)15-21-13-14-24-26-17-22-16-20-8-2-5-11-29(20)34-30-12-6-4-10-25(30)32(33(22)34)28(26)18-27(24)31(21)23;15*1-2/h1-12,15,17-18H,13-14,16H2;2*1-14,17H,15-16,18H2;15*1-2H3. The first kappa shape index (κ1) is 102. The second-order valence-corrected chi connectivity index (χ2v) is 30.3. The average molecular weight is 1750 g/mol. The van der Waals surface area contributed by atoms with E-state index in [0.29, 0.717) is 0 Å². The van der Waals surface area contributed by atoms with Crippen LogP contribution in [0.3, 0.4) is 0 Å². The Labute approximate surface area is 796 Å². The Hall–Kier alpha value is -12.3. The minimum Gasteiger partial charge on any atom is -0.309 e. The molecule has 27 rings (SSSR count). The van der Waals surface area contributed by atoms with Crippen molar-refractivity contribution in [3.63, 3.8) is 0 Å². The number of nitrogens with zero attached hydrogens (tertiary/aromatic N) is 3. The predicted molar refractivity (Wildman–Crippen MR) is 590 cm³/mol. The van der Waals surface area contributed by atoms with E-state index in [1.807, 2.05) is 208 Å². The van der Waals surface area contributed by atoms with Crippen molar-refractivity contribution in [1.29, 1.82) is 0 Å². The van der Waals surface area contributed by atoms with E-state index in [4.69, 9.17) is 0 Å². The molecule has 0 saturated carbocycles. The van der Waals surface area contributed by atoms with Gasteiger partial charge in [0, 0.05) is 68.6 Å². The number of fused-ring (bicyclic) bond motifs is 38. The van der Waals surface area contributed by atoms with Gasteiger partial charge in [-0.1, -0.05) is 420 Å². The smallest absolute Gasteiger partial charge is 0.0579 e. The van der Waals surface area contributed by atoms with Gasteiger partial charge in [0.1, 0.15) is 0 Å². The fourth-order valence-corrected chi connectivity index (χ4v) is 21.3. The molecule has 0 unspecified atom stereocenters. The third kappa shape index (κ3) is 17.3. The van der Waals surface area contributed by atoms with Crippen LogP contribution >= 0.6 is 0 Å². The van der Waals surface area contributed by atoms with Crippen LogP contribution in [0.5, 0.6) is 0 Å². The van der Waals surface area contributed by atoms with Gasteiger partial charge in [-0.05, 0) is 266 Å². The molecule has 0 radical (unpaired) electrons. The molecule has 9 aliphatic rings. The van der Waals surface area contributed by atoms with Crippen molar-refractivity contribution >= 4 is 65.4 Å². The fourth-order valence-electron chi connectivity index (χ4n) is 21.3. The Morgan fingerprint density at radius 1 is 0.152 bits per heavy atom. The number of hydrogen-bond donors (Lipinski definition) is 0. The van der Waals surface area contributed by atoms with E-state index >= 15 is 0 Å². The number of aromatic nitrogens is 3. The minimum absolute atomic E-state index is 0.999. The van der Waals surface area contributed by atoms with E-state index in [-0.39, 0.29) is 0 Å². The van der Waals surface area contributed by atoms with Crippen LogP contribution in [0.4, 0.5) is 0 Å². The second kappa shape index (κ2) is 47.7. The topological polar surface area (TPSA) is 14.8 Å². The summed E-state index contributed by atoms with van der Waals surface area (Å²) in [5, 5.41) is 8.57. The van der Waals surface area contributed by atoms with Crippen LogP contribution in [-0.2, 0) is 57.8 Å². The van der Waals surface area contributed by atoms with Crippen molar-refractivity contribution in [2.75, 3.05) is 0 Å². The molecule has 0 atom stereocenters. The van der Waals surface area contributed by atoms with Gasteiger partial charge in [0.15, 0.2) is 0 Å². The predicted octanol–water partition coefficient (Wildman–Crippen LogP) is 38.9. The minimum atomic E-state index is 0.999. The van der Waals surface area contributed by atoms with Crippen molar-refractivity contribution in [1.82, 2.24) is 13.7 Å². The van der Waals surface area contributed by atoms with Gasteiger partial charge in [0.25, 0.3) is 0 Å². The highest BCUT2D eigenvalue weighted by atomic mass is 15.0. The summed E-state index contributed by atoms with van der Waals surface area (Å²) in [5.41, 5.74) is 56.3. The normalized spacial score (nSPS) is 11.6. The maximum Gasteiger partial charge on any atom is 0.0579 e. The van der Waals surface area contributed by atoms with Crippen molar-refractivity contribution < 1.29 is 0 Å². The molecule has 3 aliphatic heterocycles. The van der Waals surface area contributed by atoms with Crippen LogP contribution in [0.2, 0.25) is 0 Å². The van der Waals surface area contributed by atoms with Gasteiger partial charge in [-0.25, -0.2) is 0 Å². The van der Waals surface area contributed by atoms with Crippen LogP contribution in [-0.4, -0.2) is 13.7 Å². The molecule has 0 amide bonds. The van der Waals surface area contributed by atoms with E-state index in [9.17, 15) is 0 Å². The third-order valence-corrected chi connectivity index (χ3v) is 25.3. The summed E-state index contributed by atoms with van der Waals surface area (Å²) in [7, 11) is 0. The molecular weight excluding hydrogens is 1590 g/mol. The van der Waals surface area contributed by atoms with E-state index in [2.05, 4.69) is 287 Å². The molecule has 3 heteroatoms. The lowest BCUT2D eigenvalue weighted by Gasteiger charge is -2.21. The molecule has 0 fully saturated rings. The molecule has 0 spiro atoms. The molecule has 132 heavy (non-hydrogen) atoms. The number of benzene rings is 15. The maximum absolute atomic E-state index is 2.53. The zero-order valence-electron chi connectivity index (χ0n) is 86.2. The molecule has 0 N–H and O–H groups in total. The molecule has 0 bridgehead atoms. The Kier molecular flexibility index (Phi) is 36.8. The lowest BCUT2D eigenvalue weighted by molar-refractivity contribution is 1.04. The van der Waals surface area contributed by atoms with E-state index in [1.165, 1.54) is 238 Å². The lowest BCUT2D eigenvalue weighted by atomic mass is 9.91.